The van der Waals surface area contributed by atoms with Crippen LogP contribution in [0, 0.1) is 6.92 Å². The number of hydrogen-bond donors (Lipinski definition) is 0. The van der Waals surface area contributed by atoms with Crippen LogP contribution in [0.3, 0.4) is 0 Å². The lowest BCUT2D eigenvalue weighted by atomic mass is 10.1. The summed E-state index contributed by atoms with van der Waals surface area (Å²) >= 11 is 0. The van der Waals surface area contributed by atoms with E-state index >= 15 is 0 Å². The van der Waals surface area contributed by atoms with Gasteiger partial charge in [-0.05, 0) is 18.9 Å². The molecule has 0 radical (unpaired) electrons. The van der Waals surface area contributed by atoms with Crippen LogP contribution in [0.4, 0.5) is 6.01 Å². The van der Waals surface area contributed by atoms with Crippen LogP contribution in [0.25, 0.3) is 28.5 Å². The lowest BCUT2D eigenvalue weighted by Gasteiger charge is -2.28. The molecule has 0 unspecified atom stereocenters. The average molecular weight is 362 g/mol. The van der Waals surface area contributed by atoms with E-state index in [1.54, 1.807) is 6.20 Å². The molecule has 1 aliphatic rings. The van der Waals surface area contributed by atoms with Crippen molar-refractivity contribution >= 4 is 11.7 Å². The Balaban J connectivity index is 1.64. The maximum atomic E-state index is 5.81. The van der Waals surface area contributed by atoms with Crippen LogP contribution < -0.4 is 4.90 Å². The Kier molecular flexibility index (Phi) is 4.35. The van der Waals surface area contributed by atoms with Gasteiger partial charge in [-0.3, -0.25) is 4.98 Å². The summed E-state index contributed by atoms with van der Waals surface area (Å²) in [5.74, 6) is 0.404. The molecular weight excluding hydrogens is 340 g/mol. The first-order valence-corrected chi connectivity index (χ1v) is 8.92. The molecule has 0 saturated carbocycles. The van der Waals surface area contributed by atoms with Crippen molar-refractivity contribution in [1.29, 1.82) is 0 Å². The first kappa shape index (κ1) is 17.2. The van der Waals surface area contributed by atoms with E-state index in [0.29, 0.717) is 17.6 Å². The highest BCUT2D eigenvalue weighted by Crippen LogP contribution is 2.27. The molecule has 27 heavy (non-hydrogen) atoms. The highest BCUT2D eigenvalue weighted by Gasteiger charge is 2.22. The van der Waals surface area contributed by atoms with Gasteiger partial charge in [-0.2, -0.15) is 0 Å². The Labute approximate surface area is 158 Å². The molecule has 138 valence electrons. The van der Waals surface area contributed by atoms with Gasteiger partial charge in [0.05, 0.1) is 17.6 Å². The fourth-order valence-electron chi connectivity index (χ4n) is 2.83. The summed E-state index contributed by atoms with van der Waals surface area (Å²) in [5.41, 5.74) is 5.15. The van der Waals surface area contributed by atoms with Gasteiger partial charge in [-0.15, -0.1) is 5.10 Å². The molecule has 7 nitrogen and oxygen atoms in total. The molecule has 3 heterocycles. The largest absolute Gasteiger partial charge is 0.401 e. The summed E-state index contributed by atoms with van der Waals surface area (Å²) in [6.45, 7) is 7.89. The molecule has 2 aromatic heterocycles. The zero-order valence-corrected chi connectivity index (χ0v) is 15.8. The van der Waals surface area contributed by atoms with Crippen LogP contribution in [0.2, 0.25) is 0 Å². The Morgan fingerprint density at radius 1 is 1.15 bits per heavy atom. The second-order valence-electron chi connectivity index (χ2n) is 6.84. The Hall–Kier alpha value is -3.22. The van der Waals surface area contributed by atoms with Crippen LogP contribution >= 0.6 is 0 Å². The maximum Gasteiger partial charge on any atom is 0.318 e. The predicted octanol–water partition coefficient (Wildman–Crippen LogP) is 3.24. The summed E-state index contributed by atoms with van der Waals surface area (Å²) in [7, 11) is 3.96. The van der Waals surface area contributed by atoms with Gasteiger partial charge < -0.3 is 14.2 Å². The number of rotatable bonds is 5. The molecule has 0 N–H and O–H groups in total. The van der Waals surface area contributed by atoms with Crippen LogP contribution in [0.5, 0.6) is 0 Å². The van der Waals surface area contributed by atoms with E-state index in [2.05, 4.69) is 26.7 Å². The molecule has 3 aromatic rings. The lowest BCUT2D eigenvalue weighted by Crippen LogP contribution is -2.37. The van der Waals surface area contributed by atoms with Gasteiger partial charge in [-0.1, -0.05) is 35.9 Å². The van der Waals surface area contributed by atoms with Crippen molar-refractivity contribution in [2.24, 2.45) is 0 Å². The van der Waals surface area contributed by atoms with E-state index < -0.39 is 0 Å². The number of aromatic nitrogens is 4. The third-order valence-electron chi connectivity index (χ3n) is 4.75. The molecule has 0 bridgehead atoms. The van der Waals surface area contributed by atoms with Crippen molar-refractivity contribution in [2.75, 3.05) is 32.1 Å². The van der Waals surface area contributed by atoms with E-state index in [4.69, 9.17) is 9.40 Å². The molecule has 0 amide bonds. The van der Waals surface area contributed by atoms with Crippen LogP contribution in [-0.2, 0) is 0 Å². The minimum absolute atomic E-state index is 0.404. The van der Waals surface area contributed by atoms with E-state index in [1.165, 1.54) is 0 Å². The fourth-order valence-corrected chi connectivity index (χ4v) is 2.83. The van der Waals surface area contributed by atoms with Crippen molar-refractivity contribution in [2.45, 2.75) is 13.3 Å². The van der Waals surface area contributed by atoms with Gasteiger partial charge in [0.2, 0.25) is 0 Å². The first-order chi connectivity index (χ1) is 13.0. The molecule has 7 heteroatoms. The first-order valence-electron chi connectivity index (χ1n) is 8.92. The smallest absolute Gasteiger partial charge is 0.318 e. The summed E-state index contributed by atoms with van der Waals surface area (Å²) in [6, 6.07) is 8.66. The Morgan fingerprint density at radius 2 is 1.89 bits per heavy atom. The second kappa shape index (κ2) is 6.83. The predicted molar refractivity (Wildman–Crippen MR) is 105 cm³/mol. The molecule has 4 rings (SSSR count). The zero-order valence-electron chi connectivity index (χ0n) is 15.8. The standard InChI is InChI=1S/C20H22N6O/c1-13-18(19-23-24-20(27-19)26-10-5-11-26)22-17(12-21-13)16-8-6-15(7-9-16)14(2)25(3)4/h6-9,12H,2,5,10-11H2,1,3-4H3. The Bertz CT molecular complexity index is 972. The second-order valence-corrected chi connectivity index (χ2v) is 6.84. The molecule has 0 aliphatic carbocycles. The van der Waals surface area contributed by atoms with Crippen LogP contribution in [0.15, 0.2) is 41.5 Å². The summed E-state index contributed by atoms with van der Waals surface area (Å²) in [6.07, 6.45) is 2.92. The van der Waals surface area contributed by atoms with E-state index in [1.807, 2.05) is 50.2 Å². The summed E-state index contributed by atoms with van der Waals surface area (Å²) in [5, 5.41) is 8.30. The maximum absolute atomic E-state index is 5.81. The van der Waals surface area contributed by atoms with Crippen LogP contribution in [0.1, 0.15) is 17.7 Å². The van der Waals surface area contributed by atoms with Crippen LogP contribution in [-0.4, -0.2) is 52.3 Å². The van der Waals surface area contributed by atoms with Crippen molar-refractivity contribution < 1.29 is 4.42 Å². The van der Waals surface area contributed by atoms with Crippen molar-refractivity contribution in [3.05, 3.63) is 48.3 Å². The molecule has 0 spiro atoms. The molecule has 1 aromatic carbocycles. The topological polar surface area (TPSA) is 71.2 Å². The highest BCUT2D eigenvalue weighted by molar-refractivity contribution is 5.68. The van der Waals surface area contributed by atoms with E-state index in [9.17, 15) is 0 Å². The number of anilines is 1. The Morgan fingerprint density at radius 3 is 2.52 bits per heavy atom. The number of benzene rings is 1. The quantitative estimate of drug-likeness (QED) is 0.690. The highest BCUT2D eigenvalue weighted by atomic mass is 16.4. The lowest BCUT2D eigenvalue weighted by molar-refractivity contribution is 0.495. The molecule has 1 saturated heterocycles. The van der Waals surface area contributed by atoms with Gasteiger partial charge in [0.1, 0.15) is 5.69 Å². The number of aryl methyl sites for hydroxylation is 1. The van der Waals surface area contributed by atoms with Crippen molar-refractivity contribution in [3.63, 3.8) is 0 Å². The van der Waals surface area contributed by atoms with Crippen molar-refractivity contribution in [3.8, 4) is 22.8 Å². The fraction of sp³-hybridized carbons (Fsp3) is 0.300. The van der Waals surface area contributed by atoms with Gasteiger partial charge in [0.15, 0.2) is 0 Å². The SMILES string of the molecule is C=C(c1ccc(-c2cnc(C)c(-c3nnc(N4CCC4)o3)n2)cc1)N(C)C. The molecule has 0 atom stereocenters. The van der Waals surface area contributed by atoms with Crippen molar-refractivity contribution in [1.82, 2.24) is 25.1 Å². The molecule has 1 fully saturated rings. The molecular formula is C20H22N6O. The van der Waals surface area contributed by atoms with Gasteiger partial charge >= 0.3 is 6.01 Å². The normalized spacial score (nSPS) is 13.4. The summed E-state index contributed by atoms with van der Waals surface area (Å²) in [4.78, 5) is 13.3. The number of nitrogens with zero attached hydrogens (tertiary/aromatic N) is 6. The minimum Gasteiger partial charge on any atom is -0.401 e. The number of hydrogen-bond acceptors (Lipinski definition) is 7. The van der Waals surface area contributed by atoms with Gasteiger partial charge in [-0.25, -0.2) is 4.98 Å². The van der Waals surface area contributed by atoms with Gasteiger partial charge in [0, 0.05) is 38.4 Å². The molecule has 1 aliphatic heterocycles. The average Bonchev–Trinajstić information content (AvgIpc) is 3.09. The minimum atomic E-state index is 0.404. The monoisotopic (exact) mass is 362 g/mol. The third-order valence-corrected chi connectivity index (χ3v) is 4.75. The third kappa shape index (κ3) is 3.28. The summed E-state index contributed by atoms with van der Waals surface area (Å²) < 4.78 is 5.81. The van der Waals surface area contributed by atoms with E-state index in [0.717, 1.165) is 47.7 Å². The zero-order chi connectivity index (χ0) is 19.0. The van der Waals surface area contributed by atoms with E-state index in [-0.39, 0.29) is 0 Å². The van der Waals surface area contributed by atoms with Gasteiger partial charge in [0.25, 0.3) is 5.89 Å².